The smallest absolute Gasteiger partial charge is 0.314 e. The molecule has 7 heteroatoms. The van der Waals surface area contributed by atoms with Crippen LogP contribution in [0.4, 0.5) is 5.69 Å². The van der Waals surface area contributed by atoms with E-state index in [9.17, 15) is 19.7 Å². The van der Waals surface area contributed by atoms with Gasteiger partial charge in [0, 0.05) is 11.6 Å². The van der Waals surface area contributed by atoms with Gasteiger partial charge in [0.1, 0.15) is 6.61 Å². The molecule has 0 amide bonds. The predicted octanol–water partition coefficient (Wildman–Crippen LogP) is 2.75. The molecule has 0 saturated heterocycles. The van der Waals surface area contributed by atoms with Crippen LogP contribution < -0.4 is 0 Å². The fourth-order valence-corrected chi connectivity index (χ4v) is 1.95. The Balaban J connectivity index is 3.13. The molecule has 23 heavy (non-hydrogen) atoms. The van der Waals surface area contributed by atoms with Crippen LogP contribution >= 0.6 is 0 Å². The van der Waals surface area contributed by atoms with Gasteiger partial charge in [-0.25, -0.2) is 0 Å². The average Bonchev–Trinajstić information content (AvgIpc) is 2.50. The van der Waals surface area contributed by atoms with E-state index in [0.29, 0.717) is 5.57 Å². The van der Waals surface area contributed by atoms with Gasteiger partial charge in [0.05, 0.1) is 23.9 Å². The highest BCUT2D eigenvalue weighted by Crippen LogP contribution is 2.30. The van der Waals surface area contributed by atoms with Gasteiger partial charge in [-0.1, -0.05) is 24.8 Å². The van der Waals surface area contributed by atoms with Crippen molar-refractivity contribution in [3.63, 3.8) is 0 Å². The number of carbonyl (C=O) groups excluding carboxylic acids is 2. The lowest BCUT2D eigenvalue weighted by molar-refractivity contribution is -0.385. The van der Waals surface area contributed by atoms with Crippen LogP contribution in [0.25, 0.3) is 0 Å². The standard InChI is InChI=1S/C16H19NO6/c1-4-22-15(18)9-13(16(19)23-10-11(2)3)12-7-5-6-8-14(12)17(20)21/h5-8,13H,2,4,9-10H2,1,3H3. The summed E-state index contributed by atoms with van der Waals surface area (Å²) in [6.07, 6.45) is -0.326. The number of benzene rings is 1. The SMILES string of the molecule is C=C(C)COC(=O)C(CC(=O)OCC)c1ccccc1[N+](=O)[O-]. The maximum atomic E-state index is 12.3. The van der Waals surface area contributed by atoms with E-state index in [1.54, 1.807) is 19.9 Å². The highest BCUT2D eigenvalue weighted by Gasteiger charge is 2.31. The molecule has 1 aromatic rings. The third-order valence-corrected chi connectivity index (χ3v) is 2.93. The maximum absolute atomic E-state index is 12.3. The van der Waals surface area contributed by atoms with Gasteiger partial charge in [-0.2, -0.15) is 0 Å². The number of carbonyl (C=O) groups is 2. The van der Waals surface area contributed by atoms with Crippen molar-refractivity contribution in [3.05, 3.63) is 52.1 Å². The molecule has 0 heterocycles. The fraction of sp³-hybridized carbons (Fsp3) is 0.375. The summed E-state index contributed by atoms with van der Waals surface area (Å²) in [6.45, 7) is 7.07. The molecule has 0 bridgehead atoms. The molecule has 0 saturated carbocycles. The van der Waals surface area contributed by atoms with Gasteiger partial charge >= 0.3 is 11.9 Å². The quantitative estimate of drug-likeness (QED) is 0.316. The van der Waals surface area contributed by atoms with Crippen LogP contribution in [-0.2, 0) is 19.1 Å². The lowest BCUT2D eigenvalue weighted by Crippen LogP contribution is -2.22. The summed E-state index contributed by atoms with van der Waals surface area (Å²) >= 11 is 0. The molecule has 0 spiro atoms. The first kappa shape index (κ1) is 18.3. The minimum atomic E-state index is -1.10. The summed E-state index contributed by atoms with van der Waals surface area (Å²) in [5.74, 6) is -2.45. The Morgan fingerprint density at radius 2 is 1.96 bits per heavy atom. The van der Waals surface area contributed by atoms with Crippen molar-refractivity contribution >= 4 is 17.6 Å². The minimum Gasteiger partial charge on any atom is -0.466 e. The largest absolute Gasteiger partial charge is 0.466 e. The van der Waals surface area contributed by atoms with E-state index in [4.69, 9.17) is 9.47 Å². The Labute approximate surface area is 134 Å². The summed E-state index contributed by atoms with van der Waals surface area (Å²) in [5.41, 5.74) is 0.502. The molecule has 0 N–H and O–H groups in total. The van der Waals surface area contributed by atoms with E-state index >= 15 is 0 Å². The van der Waals surface area contributed by atoms with Crippen LogP contribution in [-0.4, -0.2) is 30.1 Å². The first-order valence-corrected chi connectivity index (χ1v) is 7.06. The van der Waals surface area contributed by atoms with Crippen LogP contribution in [0.3, 0.4) is 0 Å². The Bertz CT molecular complexity index is 610. The number of nitro groups is 1. The molecule has 1 rings (SSSR count). The highest BCUT2D eigenvalue weighted by molar-refractivity contribution is 5.85. The molecule has 124 valence electrons. The van der Waals surface area contributed by atoms with E-state index in [1.807, 2.05) is 0 Å². The van der Waals surface area contributed by atoms with Gasteiger partial charge in [0.25, 0.3) is 5.69 Å². The Kier molecular flexibility index (Phi) is 6.92. The lowest BCUT2D eigenvalue weighted by Gasteiger charge is -2.16. The van der Waals surface area contributed by atoms with Gasteiger partial charge in [0.15, 0.2) is 0 Å². The summed E-state index contributed by atoms with van der Waals surface area (Å²) < 4.78 is 9.90. The Morgan fingerprint density at radius 3 is 2.52 bits per heavy atom. The molecule has 1 atom stereocenters. The molecular formula is C16H19NO6. The minimum absolute atomic E-state index is 0.0151. The molecule has 0 aliphatic rings. The Morgan fingerprint density at radius 1 is 1.30 bits per heavy atom. The number of ether oxygens (including phenoxy) is 2. The first-order valence-electron chi connectivity index (χ1n) is 7.06. The summed E-state index contributed by atoms with van der Waals surface area (Å²) in [7, 11) is 0. The maximum Gasteiger partial charge on any atom is 0.314 e. The van der Waals surface area contributed by atoms with Gasteiger partial charge in [-0.3, -0.25) is 19.7 Å². The second kappa shape index (κ2) is 8.67. The van der Waals surface area contributed by atoms with Crippen LogP contribution in [0.1, 0.15) is 31.7 Å². The summed E-state index contributed by atoms with van der Waals surface area (Å²) in [6, 6.07) is 5.76. The monoisotopic (exact) mass is 321 g/mol. The molecule has 0 radical (unpaired) electrons. The van der Waals surface area contributed by atoms with Crippen molar-refractivity contribution in [2.45, 2.75) is 26.2 Å². The number of hydrogen-bond acceptors (Lipinski definition) is 6. The van der Waals surface area contributed by atoms with Crippen molar-refractivity contribution in [1.29, 1.82) is 0 Å². The first-order chi connectivity index (χ1) is 10.9. The number of esters is 2. The van der Waals surface area contributed by atoms with Crippen molar-refractivity contribution in [3.8, 4) is 0 Å². The highest BCUT2D eigenvalue weighted by atomic mass is 16.6. The van der Waals surface area contributed by atoms with Gasteiger partial charge < -0.3 is 9.47 Å². The van der Waals surface area contributed by atoms with E-state index in [1.165, 1.54) is 18.2 Å². The van der Waals surface area contributed by atoms with E-state index < -0.39 is 22.8 Å². The third kappa shape index (κ3) is 5.54. The van der Waals surface area contributed by atoms with Crippen LogP contribution in [0.2, 0.25) is 0 Å². The molecule has 0 aliphatic heterocycles. The van der Waals surface area contributed by atoms with Crippen molar-refractivity contribution in [2.75, 3.05) is 13.2 Å². The Hall–Kier alpha value is -2.70. The van der Waals surface area contributed by atoms with Crippen molar-refractivity contribution < 1.29 is 24.0 Å². The van der Waals surface area contributed by atoms with Gasteiger partial charge in [-0.15, -0.1) is 0 Å². The molecule has 0 fully saturated rings. The normalized spacial score (nSPS) is 11.4. The van der Waals surface area contributed by atoms with Crippen molar-refractivity contribution in [2.24, 2.45) is 0 Å². The van der Waals surface area contributed by atoms with Gasteiger partial charge in [-0.05, 0) is 19.4 Å². The summed E-state index contributed by atoms with van der Waals surface area (Å²) in [5, 5.41) is 11.1. The zero-order valence-corrected chi connectivity index (χ0v) is 13.1. The summed E-state index contributed by atoms with van der Waals surface area (Å²) in [4.78, 5) is 34.6. The van der Waals surface area contributed by atoms with Crippen LogP contribution in [0.5, 0.6) is 0 Å². The van der Waals surface area contributed by atoms with Gasteiger partial charge in [0.2, 0.25) is 0 Å². The van der Waals surface area contributed by atoms with Crippen molar-refractivity contribution in [1.82, 2.24) is 0 Å². The second-order valence-corrected chi connectivity index (χ2v) is 4.94. The van der Waals surface area contributed by atoms with Crippen LogP contribution in [0, 0.1) is 10.1 Å². The zero-order chi connectivity index (χ0) is 17.4. The predicted molar refractivity (Wildman–Crippen MR) is 82.9 cm³/mol. The number of nitrogens with zero attached hydrogens (tertiary/aromatic N) is 1. The fourth-order valence-electron chi connectivity index (χ4n) is 1.95. The number of rotatable bonds is 8. The zero-order valence-electron chi connectivity index (χ0n) is 13.1. The molecule has 1 unspecified atom stereocenters. The molecular weight excluding hydrogens is 302 g/mol. The number of para-hydroxylation sites is 1. The molecule has 7 nitrogen and oxygen atoms in total. The number of nitro benzene ring substituents is 1. The number of hydrogen-bond donors (Lipinski definition) is 0. The van der Waals surface area contributed by atoms with E-state index in [-0.39, 0.29) is 30.9 Å². The van der Waals surface area contributed by atoms with E-state index in [0.717, 1.165) is 0 Å². The van der Waals surface area contributed by atoms with Crippen LogP contribution in [0.15, 0.2) is 36.4 Å². The average molecular weight is 321 g/mol. The molecule has 0 aromatic heterocycles. The third-order valence-electron chi connectivity index (χ3n) is 2.93. The molecule has 1 aromatic carbocycles. The second-order valence-electron chi connectivity index (χ2n) is 4.94. The lowest BCUT2D eigenvalue weighted by atomic mass is 9.94. The van der Waals surface area contributed by atoms with E-state index in [2.05, 4.69) is 6.58 Å². The molecule has 0 aliphatic carbocycles. The topological polar surface area (TPSA) is 95.7 Å².